The molecular weight excluding hydrogens is 406 g/mol. The molecule has 0 saturated heterocycles. The second kappa shape index (κ2) is 11.9. The summed E-state index contributed by atoms with van der Waals surface area (Å²) in [5.74, 6) is -0.0931. The lowest BCUT2D eigenvalue weighted by molar-refractivity contribution is -0.139. The summed E-state index contributed by atoms with van der Waals surface area (Å²) in [7, 11) is -0.805. The summed E-state index contributed by atoms with van der Waals surface area (Å²) < 4.78 is 10.6. The molecule has 0 aliphatic heterocycles. The fraction of sp³-hybridized carbons (Fsp3) is 0.520. The van der Waals surface area contributed by atoms with E-state index in [2.05, 4.69) is 45.2 Å². The molecule has 31 heavy (non-hydrogen) atoms. The highest BCUT2D eigenvalue weighted by Crippen LogP contribution is 2.28. The zero-order valence-corrected chi connectivity index (χ0v) is 21.6. The van der Waals surface area contributed by atoms with Crippen molar-refractivity contribution in [3.63, 3.8) is 0 Å². The van der Waals surface area contributed by atoms with E-state index in [9.17, 15) is 9.59 Å². The molecule has 0 bridgehead atoms. The molecule has 0 heterocycles. The molecule has 0 fully saturated rings. The molecule has 0 spiro atoms. The van der Waals surface area contributed by atoms with Crippen molar-refractivity contribution in [3.8, 4) is 0 Å². The van der Waals surface area contributed by atoms with Crippen molar-refractivity contribution in [3.05, 3.63) is 53.4 Å². The molecular formula is C25H39NO4Si. The van der Waals surface area contributed by atoms with Gasteiger partial charge in [0.15, 0.2) is 0 Å². The van der Waals surface area contributed by atoms with Gasteiger partial charge in [0.05, 0.1) is 13.5 Å². The molecule has 172 valence electrons. The van der Waals surface area contributed by atoms with Crippen molar-refractivity contribution in [2.75, 3.05) is 7.11 Å². The maximum absolute atomic E-state index is 12.8. The van der Waals surface area contributed by atoms with Crippen LogP contribution in [0.5, 0.6) is 0 Å². The predicted molar refractivity (Wildman–Crippen MR) is 130 cm³/mol. The first-order chi connectivity index (χ1) is 14.4. The third kappa shape index (κ3) is 7.69. The first-order valence-corrected chi connectivity index (χ1v) is 13.9. The summed E-state index contributed by atoms with van der Waals surface area (Å²) in [5, 5.41) is 2.32. The number of allylic oxidation sites excluding steroid dienone is 2. The van der Waals surface area contributed by atoms with E-state index in [1.165, 1.54) is 18.6 Å². The Bertz CT molecular complexity index is 787. The molecule has 5 nitrogen and oxygen atoms in total. The Morgan fingerprint density at radius 3 is 2.00 bits per heavy atom. The summed E-state index contributed by atoms with van der Waals surface area (Å²) in [6, 6.07) is 10.3. The fourth-order valence-corrected chi connectivity index (χ4v) is 6.73. The molecule has 0 radical (unpaired) electrons. The summed E-state index contributed by atoms with van der Waals surface area (Å²) >= 11 is 0. The van der Waals surface area contributed by atoms with Crippen LogP contribution in [-0.2, 0) is 14.3 Å². The smallest absolute Gasteiger partial charge is 0.415 e. The molecule has 0 N–H and O–H groups in total. The standard InChI is InChI=1S/C25H39NO4Si/c1-18(2)15-23(31(8,9)22-13-11-10-12-14-22)21(16-24(27)29-7)17-30-25(28)26(19(3)4)20(5)6/h10-15,17-20H,16H2,1-9H3/b21-17-,23-15+. The first kappa shape index (κ1) is 26.7. The van der Waals surface area contributed by atoms with E-state index < -0.39 is 14.2 Å². The van der Waals surface area contributed by atoms with Crippen molar-refractivity contribution in [1.29, 1.82) is 0 Å². The minimum Gasteiger partial charge on any atom is -0.469 e. The Kier molecular flexibility index (Phi) is 10.2. The summed E-state index contributed by atoms with van der Waals surface area (Å²) in [6.07, 6.45) is 3.28. The molecule has 1 amide bonds. The normalized spacial score (nSPS) is 13.0. The van der Waals surface area contributed by atoms with Gasteiger partial charge in [0.2, 0.25) is 0 Å². The van der Waals surface area contributed by atoms with Gasteiger partial charge in [-0.3, -0.25) is 4.79 Å². The van der Waals surface area contributed by atoms with Crippen LogP contribution in [0.4, 0.5) is 4.79 Å². The van der Waals surface area contributed by atoms with Crippen LogP contribution < -0.4 is 5.19 Å². The first-order valence-electron chi connectivity index (χ1n) is 10.9. The Morgan fingerprint density at radius 1 is 1.00 bits per heavy atom. The number of hydrogen-bond donors (Lipinski definition) is 0. The van der Waals surface area contributed by atoms with Gasteiger partial charge in [-0.1, -0.05) is 73.7 Å². The number of nitrogens with zero attached hydrogens (tertiary/aromatic N) is 1. The largest absolute Gasteiger partial charge is 0.469 e. The minimum absolute atomic E-state index is 0.00534. The number of benzene rings is 1. The van der Waals surface area contributed by atoms with Crippen molar-refractivity contribution < 1.29 is 19.1 Å². The third-order valence-electron chi connectivity index (χ3n) is 5.20. The van der Waals surface area contributed by atoms with Gasteiger partial charge in [-0.05, 0) is 39.2 Å². The lowest BCUT2D eigenvalue weighted by Gasteiger charge is -2.31. The highest BCUT2D eigenvalue weighted by molar-refractivity contribution is 6.96. The van der Waals surface area contributed by atoms with Crippen LogP contribution in [0, 0.1) is 5.92 Å². The molecule has 6 heteroatoms. The lowest BCUT2D eigenvalue weighted by Crippen LogP contribution is -2.45. The van der Waals surface area contributed by atoms with Crippen LogP contribution in [-0.4, -0.2) is 44.2 Å². The maximum atomic E-state index is 12.8. The highest BCUT2D eigenvalue weighted by atomic mass is 28.3. The number of esters is 1. The molecule has 0 aliphatic carbocycles. The number of amides is 1. The molecule has 1 aromatic carbocycles. The van der Waals surface area contributed by atoms with E-state index in [4.69, 9.17) is 9.47 Å². The van der Waals surface area contributed by atoms with Gasteiger partial charge in [0.1, 0.15) is 14.3 Å². The molecule has 0 saturated carbocycles. The van der Waals surface area contributed by atoms with Crippen molar-refractivity contribution in [2.45, 2.75) is 73.1 Å². The van der Waals surface area contributed by atoms with Gasteiger partial charge in [-0.2, -0.15) is 0 Å². The molecule has 1 rings (SSSR count). The summed E-state index contributed by atoms with van der Waals surface area (Å²) in [6.45, 7) is 16.5. The quantitative estimate of drug-likeness (QED) is 0.220. The number of hydrogen-bond acceptors (Lipinski definition) is 4. The second-order valence-corrected chi connectivity index (χ2v) is 13.6. The van der Waals surface area contributed by atoms with Crippen LogP contribution >= 0.6 is 0 Å². The van der Waals surface area contributed by atoms with E-state index in [1.807, 2.05) is 45.9 Å². The molecule has 0 atom stereocenters. The van der Waals surface area contributed by atoms with E-state index in [0.717, 1.165) is 5.20 Å². The number of carbonyl (C=O) groups is 2. The topological polar surface area (TPSA) is 55.8 Å². The van der Waals surface area contributed by atoms with E-state index in [0.29, 0.717) is 5.57 Å². The van der Waals surface area contributed by atoms with E-state index in [1.54, 1.807) is 4.90 Å². The average Bonchev–Trinajstić information content (AvgIpc) is 2.69. The SMILES string of the molecule is COC(=O)CC(=C/OC(=O)N(C(C)C)C(C)C)/C(=C\C(C)C)[Si](C)(C)c1ccccc1. The molecule has 0 aliphatic rings. The van der Waals surface area contributed by atoms with Gasteiger partial charge in [0.25, 0.3) is 0 Å². The van der Waals surface area contributed by atoms with Crippen LogP contribution in [0.3, 0.4) is 0 Å². The van der Waals surface area contributed by atoms with E-state index in [-0.39, 0.29) is 30.4 Å². The Hall–Kier alpha value is -2.34. The number of rotatable bonds is 9. The maximum Gasteiger partial charge on any atom is 0.415 e. The molecule has 0 unspecified atom stereocenters. The Balaban J connectivity index is 3.47. The average molecular weight is 446 g/mol. The second-order valence-electron chi connectivity index (χ2n) is 9.19. The van der Waals surface area contributed by atoms with Crippen molar-refractivity contribution in [1.82, 2.24) is 4.90 Å². The third-order valence-corrected chi connectivity index (χ3v) is 8.81. The van der Waals surface area contributed by atoms with Gasteiger partial charge < -0.3 is 14.4 Å². The zero-order chi connectivity index (χ0) is 23.8. The summed E-state index contributed by atoms with van der Waals surface area (Å²) in [5.41, 5.74) is 0.696. The van der Waals surface area contributed by atoms with Gasteiger partial charge in [0, 0.05) is 12.1 Å². The Labute approximate surface area is 189 Å². The minimum atomic E-state index is -2.18. The molecule has 0 aromatic heterocycles. The van der Waals surface area contributed by atoms with Gasteiger partial charge in [-0.25, -0.2) is 4.79 Å². The number of carbonyl (C=O) groups excluding carboxylic acids is 2. The number of methoxy groups -OCH3 is 1. The van der Waals surface area contributed by atoms with Crippen LogP contribution in [0.15, 0.2) is 53.4 Å². The highest BCUT2D eigenvalue weighted by Gasteiger charge is 2.32. The molecule has 1 aromatic rings. The van der Waals surface area contributed by atoms with Crippen LogP contribution in [0.25, 0.3) is 0 Å². The monoisotopic (exact) mass is 445 g/mol. The lowest BCUT2D eigenvalue weighted by atomic mass is 10.1. The summed E-state index contributed by atoms with van der Waals surface area (Å²) in [4.78, 5) is 26.7. The van der Waals surface area contributed by atoms with Crippen LogP contribution in [0.2, 0.25) is 13.1 Å². The van der Waals surface area contributed by atoms with Crippen LogP contribution in [0.1, 0.15) is 48.0 Å². The van der Waals surface area contributed by atoms with Crippen molar-refractivity contribution in [2.24, 2.45) is 5.92 Å². The number of ether oxygens (including phenoxy) is 2. The van der Waals surface area contributed by atoms with E-state index >= 15 is 0 Å². The van der Waals surface area contributed by atoms with Gasteiger partial charge in [-0.15, -0.1) is 0 Å². The van der Waals surface area contributed by atoms with Gasteiger partial charge >= 0.3 is 12.1 Å². The zero-order valence-electron chi connectivity index (χ0n) is 20.6. The predicted octanol–water partition coefficient (Wildman–Crippen LogP) is 5.43. The Morgan fingerprint density at radius 2 is 1.55 bits per heavy atom. The van der Waals surface area contributed by atoms with Crippen molar-refractivity contribution >= 4 is 25.3 Å². The fourth-order valence-electron chi connectivity index (χ4n) is 3.69.